The molecule has 2 aromatic carbocycles. The molecule has 1 N–H and O–H groups in total. The van der Waals surface area contributed by atoms with E-state index in [0.29, 0.717) is 5.56 Å². The van der Waals surface area contributed by atoms with E-state index in [2.05, 4.69) is 17.4 Å². The monoisotopic (exact) mass is 281 g/mol. The number of hydrogen-bond donors (Lipinski definition) is 1. The molecule has 108 valence electrons. The number of piperidine rings is 1. The minimum absolute atomic E-state index is 0.0000462. The number of rotatable bonds is 3. The molecule has 0 bridgehead atoms. The van der Waals surface area contributed by atoms with Crippen LogP contribution in [-0.2, 0) is 4.74 Å². The Morgan fingerprint density at radius 3 is 2.38 bits per heavy atom. The first kappa shape index (κ1) is 13.8. The van der Waals surface area contributed by atoms with Crippen LogP contribution in [0, 0.1) is 0 Å². The van der Waals surface area contributed by atoms with Crippen LogP contribution in [0.4, 0.5) is 0 Å². The lowest BCUT2D eigenvalue weighted by atomic mass is 10.0. The summed E-state index contributed by atoms with van der Waals surface area (Å²) in [7, 11) is 0. The van der Waals surface area contributed by atoms with E-state index in [9.17, 15) is 4.79 Å². The fourth-order valence-corrected chi connectivity index (χ4v) is 2.57. The lowest BCUT2D eigenvalue weighted by molar-refractivity contribution is 0.0245. The van der Waals surface area contributed by atoms with Crippen molar-refractivity contribution in [2.45, 2.75) is 18.9 Å². The Morgan fingerprint density at radius 2 is 1.71 bits per heavy atom. The second-order valence-corrected chi connectivity index (χ2v) is 5.32. The van der Waals surface area contributed by atoms with Crippen LogP contribution in [0.15, 0.2) is 54.6 Å². The predicted molar refractivity (Wildman–Crippen MR) is 83.2 cm³/mol. The smallest absolute Gasteiger partial charge is 0.338 e. The minimum atomic E-state index is -0.233. The standard InChI is InChI=1S/C18H19NO2/c20-18(21-17-7-4-12-19-13-17)16-10-8-15(9-11-16)14-5-2-1-3-6-14/h1-3,5-6,8-11,17,19H,4,7,12-13H2. The quantitative estimate of drug-likeness (QED) is 0.878. The summed E-state index contributed by atoms with van der Waals surface area (Å²) in [6.45, 7) is 1.77. The molecule has 3 heteroatoms. The van der Waals surface area contributed by atoms with Gasteiger partial charge in [0.15, 0.2) is 0 Å². The van der Waals surface area contributed by atoms with Gasteiger partial charge in [-0.05, 0) is 42.6 Å². The Hall–Kier alpha value is -2.13. The highest BCUT2D eigenvalue weighted by Gasteiger charge is 2.18. The molecule has 0 aromatic heterocycles. The first-order valence-electron chi connectivity index (χ1n) is 7.40. The fraction of sp³-hybridized carbons (Fsp3) is 0.278. The van der Waals surface area contributed by atoms with Crippen LogP contribution >= 0.6 is 0 Å². The van der Waals surface area contributed by atoms with Crippen molar-refractivity contribution in [2.24, 2.45) is 0 Å². The summed E-state index contributed by atoms with van der Waals surface area (Å²) in [6.07, 6.45) is 2.01. The van der Waals surface area contributed by atoms with Gasteiger partial charge in [-0.1, -0.05) is 42.5 Å². The van der Waals surface area contributed by atoms with Gasteiger partial charge >= 0.3 is 5.97 Å². The van der Waals surface area contributed by atoms with Gasteiger partial charge in [0, 0.05) is 6.54 Å². The molecule has 1 fully saturated rings. The third kappa shape index (κ3) is 3.50. The first-order chi connectivity index (χ1) is 10.3. The van der Waals surface area contributed by atoms with Gasteiger partial charge in [0.1, 0.15) is 6.10 Å². The van der Waals surface area contributed by atoms with Crippen molar-refractivity contribution in [3.05, 3.63) is 60.2 Å². The summed E-state index contributed by atoms with van der Waals surface area (Å²) in [6, 6.07) is 17.7. The second kappa shape index (κ2) is 6.55. The normalized spacial score (nSPS) is 18.2. The van der Waals surface area contributed by atoms with Crippen molar-refractivity contribution in [2.75, 3.05) is 13.1 Å². The molecule has 1 aliphatic rings. The summed E-state index contributed by atoms with van der Waals surface area (Å²) in [5.74, 6) is -0.233. The van der Waals surface area contributed by atoms with Crippen molar-refractivity contribution in [3.8, 4) is 11.1 Å². The average Bonchev–Trinajstić information content (AvgIpc) is 2.57. The number of ether oxygens (including phenoxy) is 1. The molecule has 1 heterocycles. The van der Waals surface area contributed by atoms with Gasteiger partial charge in [0.05, 0.1) is 5.56 Å². The molecular formula is C18H19NO2. The first-order valence-corrected chi connectivity index (χ1v) is 7.40. The summed E-state index contributed by atoms with van der Waals surface area (Å²) >= 11 is 0. The molecule has 1 unspecified atom stereocenters. The third-order valence-electron chi connectivity index (χ3n) is 3.75. The predicted octanol–water partition coefficient (Wildman–Crippen LogP) is 3.26. The summed E-state index contributed by atoms with van der Waals surface area (Å²) in [4.78, 5) is 12.1. The van der Waals surface area contributed by atoms with Gasteiger partial charge in [-0.15, -0.1) is 0 Å². The molecule has 1 atom stereocenters. The van der Waals surface area contributed by atoms with Crippen molar-refractivity contribution in [1.29, 1.82) is 0 Å². The third-order valence-corrected chi connectivity index (χ3v) is 3.75. The Kier molecular flexibility index (Phi) is 4.31. The molecule has 3 rings (SSSR count). The SMILES string of the molecule is O=C(OC1CCCNC1)c1ccc(-c2ccccc2)cc1. The molecule has 1 saturated heterocycles. The highest BCUT2D eigenvalue weighted by atomic mass is 16.5. The molecular weight excluding hydrogens is 262 g/mol. The number of nitrogens with one attached hydrogen (secondary N) is 1. The lowest BCUT2D eigenvalue weighted by Crippen LogP contribution is -2.36. The van der Waals surface area contributed by atoms with Crippen molar-refractivity contribution < 1.29 is 9.53 Å². The molecule has 1 aliphatic heterocycles. The van der Waals surface area contributed by atoms with Gasteiger partial charge < -0.3 is 10.1 Å². The zero-order chi connectivity index (χ0) is 14.5. The van der Waals surface area contributed by atoms with E-state index >= 15 is 0 Å². The zero-order valence-electron chi connectivity index (χ0n) is 11.9. The van der Waals surface area contributed by atoms with Gasteiger partial charge in [0.25, 0.3) is 0 Å². The molecule has 0 spiro atoms. The Bertz CT molecular complexity index is 586. The van der Waals surface area contributed by atoms with Gasteiger partial charge in [0.2, 0.25) is 0 Å². The van der Waals surface area contributed by atoms with E-state index < -0.39 is 0 Å². The van der Waals surface area contributed by atoms with Crippen LogP contribution in [0.1, 0.15) is 23.2 Å². The van der Waals surface area contributed by atoms with E-state index in [1.807, 2.05) is 42.5 Å². The van der Waals surface area contributed by atoms with Crippen molar-refractivity contribution in [1.82, 2.24) is 5.32 Å². The zero-order valence-corrected chi connectivity index (χ0v) is 11.9. The number of carbonyl (C=O) groups excluding carboxylic acids is 1. The maximum absolute atomic E-state index is 12.1. The van der Waals surface area contributed by atoms with E-state index in [-0.39, 0.29) is 12.1 Å². The van der Waals surface area contributed by atoms with Crippen LogP contribution in [0.2, 0.25) is 0 Å². The lowest BCUT2D eigenvalue weighted by Gasteiger charge is -2.22. The van der Waals surface area contributed by atoms with Gasteiger partial charge in [-0.3, -0.25) is 0 Å². The Labute approximate surface area is 124 Å². The summed E-state index contributed by atoms with van der Waals surface area (Å²) in [5.41, 5.74) is 2.86. The highest BCUT2D eigenvalue weighted by molar-refractivity contribution is 5.90. The second-order valence-electron chi connectivity index (χ2n) is 5.32. The van der Waals surface area contributed by atoms with Crippen molar-refractivity contribution in [3.63, 3.8) is 0 Å². The number of esters is 1. The van der Waals surface area contributed by atoms with Crippen LogP contribution in [0.5, 0.6) is 0 Å². The topological polar surface area (TPSA) is 38.3 Å². The van der Waals surface area contributed by atoms with Crippen LogP contribution in [0.3, 0.4) is 0 Å². The molecule has 0 saturated carbocycles. The molecule has 0 aliphatic carbocycles. The van der Waals surface area contributed by atoms with E-state index in [0.717, 1.165) is 37.1 Å². The maximum Gasteiger partial charge on any atom is 0.338 e. The summed E-state index contributed by atoms with van der Waals surface area (Å²) in [5, 5.41) is 3.25. The molecule has 0 radical (unpaired) electrons. The minimum Gasteiger partial charge on any atom is -0.457 e. The van der Waals surface area contributed by atoms with Crippen LogP contribution in [-0.4, -0.2) is 25.2 Å². The van der Waals surface area contributed by atoms with Crippen molar-refractivity contribution >= 4 is 5.97 Å². The Balaban J connectivity index is 1.67. The number of carbonyl (C=O) groups is 1. The molecule has 21 heavy (non-hydrogen) atoms. The summed E-state index contributed by atoms with van der Waals surface area (Å²) < 4.78 is 5.52. The molecule has 0 amide bonds. The van der Waals surface area contributed by atoms with Crippen LogP contribution < -0.4 is 5.32 Å². The van der Waals surface area contributed by atoms with E-state index in [4.69, 9.17) is 4.74 Å². The maximum atomic E-state index is 12.1. The Morgan fingerprint density at radius 1 is 1.00 bits per heavy atom. The average molecular weight is 281 g/mol. The van der Waals surface area contributed by atoms with E-state index in [1.54, 1.807) is 0 Å². The molecule has 2 aromatic rings. The highest BCUT2D eigenvalue weighted by Crippen LogP contribution is 2.20. The molecule has 3 nitrogen and oxygen atoms in total. The van der Waals surface area contributed by atoms with E-state index in [1.165, 1.54) is 0 Å². The number of hydrogen-bond acceptors (Lipinski definition) is 3. The van der Waals surface area contributed by atoms with Gasteiger partial charge in [-0.2, -0.15) is 0 Å². The fourth-order valence-electron chi connectivity index (χ4n) is 2.57. The largest absolute Gasteiger partial charge is 0.457 e. The van der Waals surface area contributed by atoms with Crippen LogP contribution in [0.25, 0.3) is 11.1 Å². The number of benzene rings is 2. The van der Waals surface area contributed by atoms with Gasteiger partial charge in [-0.25, -0.2) is 4.79 Å².